The van der Waals surface area contributed by atoms with Crippen molar-refractivity contribution in [3.05, 3.63) is 11.5 Å². The number of aryl methyl sites for hydroxylation is 2. The molecule has 0 bridgehead atoms. The number of aromatic nitrogens is 1. The zero-order valence-corrected chi connectivity index (χ0v) is 10.5. The van der Waals surface area contributed by atoms with Gasteiger partial charge in [0, 0.05) is 12.2 Å². The molecule has 0 unspecified atom stereocenters. The summed E-state index contributed by atoms with van der Waals surface area (Å²) in [4.78, 5) is 14.5. The van der Waals surface area contributed by atoms with Crippen molar-refractivity contribution in [2.45, 2.75) is 44.8 Å². The molecule has 0 amide bonds. The van der Waals surface area contributed by atoms with Gasteiger partial charge in [0.1, 0.15) is 5.76 Å². The Morgan fingerprint density at radius 2 is 2.12 bits per heavy atom. The predicted octanol–water partition coefficient (Wildman–Crippen LogP) is 3.03. The molecule has 0 radical (unpaired) electrons. The van der Waals surface area contributed by atoms with Gasteiger partial charge in [-0.25, -0.2) is 4.98 Å². The number of carboxylic acid groups (broad SMARTS) is 1. The minimum absolute atomic E-state index is 0.266. The lowest BCUT2D eigenvalue weighted by Gasteiger charge is -1.97. The average Bonchev–Trinajstić information content (AvgIpc) is 2.52. The van der Waals surface area contributed by atoms with Gasteiger partial charge in [0.25, 0.3) is 5.22 Å². The van der Waals surface area contributed by atoms with E-state index in [2.05, 4.69) is 4.98 Å². The standard InChI is InChI=1S/C11H17NO3S/c1-8-9(2)15-11(12-8)16-7-5-3-4-6-10(13)14/h3-7H2,1-2H3,(H,13,14). The number of hydrogen-bond acceptors (Lipinski definition) is 4. The molecule has 90 valence electrons. The summed E-state index contributed by atoms with van der Waals surface area (Å²) in [6.07, 6.45) is 2.96. The van der Waals surface area contributed by atoms with E-state index in [0.717, 1.165) is 36.5 Å². The Labute approximate surface area is 99.4 Å². The van der Waals surface area contributed by atoms with Gasteiger partial charge in [0.2, 0.25) is 0 Å². The molecule has 0 atom stereocenters. The molecule has 1 N–H and O–H groups in total. The summed E-state index contributed by atoms with van der Waals surface area (Å²) in [5.74, 6) is 1.08. The molecule has 0 saturated carbocycles. The van der Waals surface area contributed by atoms with Crippen molar-refractivity contribution in [1.29, 1.82) is 0 Å². The van der Waals surface area contributed by atoms with E-state index in [1.807, 2.05) is 13.8 Å². The highest BCUT2D eigenvalue weighted by Crippen LogP contribution is 2.21. The number of carbonyl (C=O) groups is 1. The maximum Gasteiger partial charge on any atom is 0.303 e. The first-order valence-corrected chi connectivity index (χ1v) is 6.37. The lowest BCUT2D eigenvalue weighted by Crippen LogP contribution is -1.93. The van der Waals surface area contributed by atoms with Crippen LogP contribution in [0.1, 0.15) is 37.1 Å². The molecule has 0 fully saturated rings. The van der Waals surface area contributed by atoms with E-state index < -0.39 is 5.97 Å². The summed E-state index contributed by atoms with van der Waals surface area (Å²) < 4.78 is 5.42. The third-order valence-electron chi connectivity index (χ3n) is 2.27. The van der Waals surface area contributed by atoms with Crippen LogP contribution in [0.2, 0.25) is 0 Å². The lowest BCUT2D eigenvalue weighted by atomic mass is 10.2. The largest absolute Gasteiger partial charge is 0.481 e. The molecule has 1 heterocycles. The first kappa shape index (κ1) is 13.1. The fourth-order valence-corrected chi connectivity index (χ4v) is 2.13. The minimum Gasteiger partial charge on any atom is -0.481 e. The number of carboxylic acids is 1. The molecule has 16 heavy (non-hydrogen) atoms. The molecule has 5 heteroatoms. The summed E-state index contributed by atoms with van der Waals surface area (Å²) in [5.41, 5.74) is 0.938. The maximum absolute atomic E-state index is 10.3. The van der Waals surface area contributed by atoms with Gasteiger partial charge < -0.3 is 9.52 Å². The number of unbranched alkanes of at least 4 members (excludes halogenated alkanes) is 2. The zero-order valence-electron chi connectivity index (χ0n) is 9.65. The van der Waals surface area contributed by atoms with E-state index >= 15 is 0 Å². The van der Waals surface area contributed by atoms with Crippen LogP contribution in [0.15, 0.2) is 9.64 Å². The average molecular weight is 243 g/mol. The second-order valence-corrected chi connectivity index (χ2v) is 4.72. The van der Waals surface area contributed by atoms with Crippen LogP contribution in [0.4, 0.5) is 0 Å². The van der Waals surface area contributed by atoms with Gasteiger partial charge in [-0.05, 0) is 26.7 Å². The highest BCUT2D eigenvalue weighted by molar-refractivity contribution is 7.99. The number of aliphatic carboxylic acids is 1. The first-order chi connectivity index (χ1) is 7.59. The van der Waals surface area contributed by atoms with Crippen LogP contribution in [0.25, 0.3) is 0 Å². The van der Waals surface area contributed by atoms with Crippen LogP contribution in [0.3, 0.4) is 0 Å². The Balaban J connectivity index is 2.09. The van der Waals surface area contributed by atoms with Crippen molar-refractivity contribution in [2.24, 2.45) is 0 Å². The third kappa shape index (κ3) is 4.70. The highest BCUT2D eigenvalue weighted by atomic mass is 32.2. The minimum atomic E-state index is -0.716. The molecule has 0 aromatic carbocycles. The molecule has 4 nitrogen and oxygen atoms in total. The molecule has 0 saturated heterocycles. The Kier molecular flexibility index (Phi) is 5.38. The number of thioether (sulfide) groups is 1. The molecule has 0 aliphatic rings. The van der Waals surface area contributed by atoms with E-state index in [1.54, 1.807) is 11.8 Å². The van der Waals surface area contributed by atoms with Crippen LogP contribution in [0, 0.1) is 13.8 Å². The Morgan fingerprint density at radius 1 is 1.38 bits per heavy atom. The molecule has 0 aliphatic heterocycles. The molecule has 0 spiro atoms. The molecule has 1 aromatic rings. The van der Waals surface area contributed by atoms with Gasteiger partial charge in [-0.3, -0.25) is 4.79 Å². The molecule has 0 aliphatic carbocycles. The van der Waals surface area contributed by atoms with E-state index in [0.29, 0.717) is 5.22 Å². The van der Waals surface area contributed by atoms with Gasteiger partial charge in [-0.1, -0.05) is 18.2 Å². The van der Waals surface area contributed by atoms with E-state index in [-0.39, 0.29) is 6.42 Å². The quantitative estimate of drug-likeness (QED) is 0.589. The fraction of sp³-hybridized carbons (Fsp3) is 0.636. The SMILES string of the molecule is Cc1nc(SCCCCCC(=O)O)oc1C. The van der Waals surface area contributed by atoms with Crippen molar-refractivity contribution in [2.75, 3.05) is 5.75 Å². The van der Waals surface area contributed by atoms with Crippen LogP contribution in [-0.2, 0) is 4.79 Å². The van der Waals surface area contributed by atoms with Crippen molar-refractivity contribution >= 4 is 17.7 Å². The predicted molar refractivity (Wildman–Crippen MR) is 62.8 cm³/mol. The molecular weight excluding hydrogens is 226 g/mol. The van der Waals surface area contributed by atoms with Crippen molar-refractivity contribution in [3.8, 4) is 0 Å². The summed E-state index contributed by atoms with van der Waals surface area (Å²) in [6.45, 7) is 3.83. The van der Waals surface area contributed by atoms with E-state index in [9.17, 15) is 4.79 Å². The maximum atomic E-state index is 10.3. The number of oxazole rings is 1. The smallest absolute Gasteiger partial charge is 0.303 e. The molecular formula is C11H17NO3S. The van der Waals surface area contributed by atoms with E-state index in [1.165, 1.54) is 0 Å². The van der Waals surface area contributed by atoms with Crippen molar-refractivity contribution in [1.82, 2.24) is 4.98 Å². The molecule has 1 aromatic heterocycles. The number of rotatable bonds is 7. The van der Waals surface area contributed by atoms with Gasteiger partial charge in [0.05, 0.1) is 5.69 Å². The summed E-state index contributed by atoms with van der Waals surface area (Å²) in [5, 5.41) is 9.17. The van der Waals surface area contributed by atoms with Crippen molar-refractivity contribution in [3.63, 3.8) is 0 Å². The first-order valence-electron chi connectivity index (χ1n) is 5.38. The summed E-state index contributed by atoms with van der Waals surface area (Å²) in [6, 6.07) is 0. The second-order valence-electron chi connectivity index (χ2n) is 3.67. The summed E-state index contributed by atoms with van der Waals surface area (Å²) >= 11 is 1.59. The van der Waals surface area contributed by atoms with Crippen LogP contribution in [-0.4, -0.2) is 21.8 Å². The Morgan fingerprint density at radius 3 is 2.69 bits per heavy atom. The number of nitrogens with zero attached hydrogens (tertiary/aromatic N) is 1. The Bertz CT molecular complexity index is 329. The molecule has 1 rings (SSSR count). The second kappa shape index (κ2) is 6.58. The van der Waals surface area contributed by atoms with Gasteiger partial charge in [-0.15, -0.1) is 0 Å². The van der Waals surface area contributed by atoms with Crippen LogP contribution < -0.4 is 0 Å². The normalized spacial score (nSPS) is 10.6. The lowest BCUT2D eigenvalue weighted by molar-refractivity contribution is -0.137. The van der Waals surface area contributed by atoms with Crippen LogP contribution >= 0.6 is 11.8 Å². The van der Waals surface area contributed by atoms with Crippen molar-refractivity contribution < 1.29 is 14.3 Å². The Hall–Kier alpha value is -0.970. The summed E-state index contributed by atoms with van der Waals surface area (Å²) in [7, 11) is 0. The fourth-order valence-electron chi connectivity index (χ4n) is 1.22. The van der Waals surface area contributed by atoms with Gasteiger partial charge in [0.15, 0.2) is 0 Å². The van der Waals surface area contributed by atoms with Crippen LogP contribution in [0.5, 0.6) is 0 Å². The third-order valence-corrected chi connectivity index (χ3v) is 3.18. The zero-order chi connectivity index (χ0) is 12.0. The monoisotopic (exact) mass is 243 g/mol. The topological polar surface area (TPSA) is 63.3 Å². The van der Waals surface area contributed by atoms with Gasteiger partial charge >= 0.3 is 5.97 Å². The van der Waals surface area contributed by atoms with E-state index in [4.69, 9.17) is 9.52 Å². The number of hydrogen-bond donors (Lipinski definition) is 1. The van der Waals surface area contributed by atoms with Gasteiger partial charge in [-0.2, -0.15) is 0 Å². The highest BCUT2D eigenvalue weighted by Gasteiger charge is 2.05.